The quantitative estimate of drug-likeness (QED) is 0.758. The Labute approximate surface area is 152 Å². The third kappa shape index (κ3) is 3.10. The van der Waals surface area contributed by atoms with Gasteiger partial charge in [-0.3, -0.25) is 0 Å². The van der Waals surface area contributed by atoms with Gasteiger partial charge >= 0.3 is 0 Å². The number of fused-ring (bicyclic) bond motifs is 1. The molecule has 6 heteroatoms. The molecule has 26 heavy (non-hydrogen) atoms. The third-order valence-corrected chi connectivity index (χ3v) is 4.70. The number of hydrogen-bond acceptors (Lipinski definition) is 5. The second-order valence-corrected chi connectivity index (χ2v) is 6.26. The molecule has 4 rings (SSSR count). The number of aromatic nitrogens is 3. The van der Waals surface area contributed by atoms with Crippen LogP contribution in [0.2, 0.25) is 0 Å². The predicted molar refractivity (Wildman–Crippen MR) is 99.7 cm³/mol. The van der Waals surface area contributed by atoms with E-state index in [0.717, 1.165) is 23.9 Å². The van der Waals surface area contributed by atoms with Crippen LogP contribution in [0.25, 0.3) is 0 Å². The lowest BCUT2D eigenvalue weighted by molar-refractivity contribution is 0.340. The van der Waals surface area contributed by atoms with Crippen LogP contribution in [0.15, 0.2) is 54.9 Å². The summed E-state index contributed by atoms with van der Waals surface area (Å²) in [6, 6.07) is 16.6. The average molecular weight is 350 g/mol. The summed E-state index contributed by atoms with van der Waals surface area (Å²) in [5.41, 5.74) is 2.36. The lowest BCUT2D eigenvalue weighted by atomic mass is 9.93. The molecule has 134 valence electrons. The molecular weight excluding hydrogens is 328 g/mol. The van der Waals surface area contributed by atoms with E-state index in [1.54, 1.807) is 13.4 Å². The number of nitrogens with one attached hydrogen (secondary N) is 1. The first kappa shape index (κ1) is 16.4. The van der Waals surface area contributed by atoms with Crippen molar-refractivity contribution in [1.29, 1.82) is 0 Å². The molecule has 0 saturated heterocycles. The van der Waals surface area contributed by atoms with Crippen molar-refractivity contribution in [2.24, 2.45) is 0 Å². The van der Waals surface area contributed by atoms with Gasteiger partial charge in [0.1, 0.15) is 17.8 Å². The largest absolute Gasteiger partial charge is 0.497 e. The standard InChI is InChI=1S/C20H22N4O2/c1-3-26-16-9-7-14(8-10-16)19-12-18(23-20-21-13-22-24(19)20)15-5-4-6-17(11-15)25-2/h4-11,13,18-19H,3,12H2,1-2H3,(H,21,22,23)/t18-,19+/m1/s1. The van der Waals surface area contributed by atoms with Crippen molar-refractivity contribution >= 4 is 5.95 Å². The molecule has 0 unspecified atom stereocenters. The highest BCUT2D eigenvalue weighted by atomic mass is 16.5. The number of anilines is 1. The van der Waals surface area contributed by atoms with Crippen molar-refractivity contribution in [1.82, 2.24) is 14.8 Å². The van der Waals surface area contributed by atoms with Crippen molar-refractivity contribution < 1.29 is 9.47 Å². The van der Waals surface area contributed by atoms with Gasteiger partial charge in [-0.25, -0.2) is 4.68 Å². The Bertz CT molecular complexity index is 876. The van der Waals surface area contributed by atoms with Gasteiger partial charge in [-0.1, -0.05) is 24.3 Å². The van der Waals surface area contributed by atoms with Gasteiger partial charge in [-0.2, -0.15) is 10.1 Å². The molecule has 0 bridgehead atoms. The van der Waals surface area contributed by atoms with E-state index in [0.29, 0.717) is 6.61 Å². The monoisotopic (exact) mass is 350 g/mol. The Morgan fingerprint density at radius 2 is 1.96 bits per heavy atom. The fourth-order valence-electron chi connectivity index (χ4n) is 3.43. The van der Waals surface area contributed by atoms with Crippen LogP contribution in [0, 0.1) is 0 Å². The van der Waals surface area contributed by atoms with E-state index in [1.165, 1.54) is 11.1 Å². The van der Waals surface area contributed by atoms with Crippen LogP contribution in [0.5, 0.6) is 11.5 Å². The van der Waals surface area contributed by atoms with Gasteiger partial charge in [-0.15, -0.1) is 0 Å². The molecule has 0 fully saturated rings. The number of methoxy groups -OCH3 is 1. The van der Waals surface area contributed by atoms with Gasteiger partial charge in [-0.05, 0) is 48.7 Å². The zero-order valence-corrected chi connectivity index (χ0v) is 14.9. The van der Waals surface area contributed by atoms with E-state index in [2.05, 4.69) is 39.7 Å². The molecule has 1 aromatic heterocycles. The van der Waals surface area contributed by atoms with Crippen molar-refractivity contribution in [2.45, 2.75) is 25.4 Å². The molecule has 1 aliphatic rings. The van der Waals surface area contributed by atoms with E-state index in [-0.39, 0.29) is 12.1 Å². The Morgan fingerprint density at radius 3 is 2.73 bits per heavy atom. The maximum atomic E-state index is 5.56. The molecule has 3 aromatic rings. The summed E-state index contributed by atoms with van der Waals surface area (Å²) >= 11 is 0. The zero-order valence-electron chi connectivity index (χ0n) is 14.9. The van der Waals surface area contributed by atoms with Gasteiger partial charge in [0.15, 0.2) is 0 Å². The summed E-state index contributed by atoms with van der Waals surface area (Å²) < 4.78 is 12.9. The molecule has 0 radical (unpaired) electrons. The van der Waals surface area contributed by atoms with E-state index >= 15 is 0 Å². The van der Waals surface area contributed by atoms with Crippen molar-refractivity contribution in [3.63, 3.8) is 0 Å². The van der Waals surface area contributed by atoms with Crippen molar-refractivity contribution in [2.75, 3.05) is 19.0 Å². The lowest BCUT2D eigenvalue weighted by Gasteiger charge is -2.32. The van der Waals surface area contributed by atoms with E-state index in [1.807, 2.05) is 35.9 Å². The minimum atomic E-state index is 0.112. The van der Waals surface area contributed by atoms with Gasteiger partial charge in [0.05, 0.1) is 25.8 Å². The second-order valence-electron chi connectivity index (χ2n) is 6.26. The second kappa shape index (κ2) is 7.07. The minimum absolute atomic E-state index is 0.112. The summed E-state index contributed by atoms with van der Waals surface area (Å²) in [7, 11) is 1.69. The molecular formula is C20H22N4O2. The molecule has 0 aliphatic carbocycles. The average Bonchev–Trinajstić information content (AvgIpc) is 3.17. The first-order chi connectivity index (χ1) is 12.8. The lowest BCUT2D eigenvalue weighted by Crippen LogP contribution is -2.28. The Balaban J connectivity index is 1.66. The maximum absolute atomic E-state index is 5.56. The molecule has 2 atom stereocenters. The summed E-state index contributed by atoms with van der Waals surface area (Å²) in [6.45, 7) is 2.65. The fourth-order valence-corrected chi connectivity index (χ4v) is 3.43. The molecule has 1 aliphatic heterocycles. The van der Waals surface area contributed by atoms with Gasteiger partial charge in [0.25, 0.3) is 0 Å². The first-order valence-electron chi connectivity index (χ1n) is 8.81. The summed E-state index contributed by atoms with van der Waals surface area (Å²) in [5.74, 6) is 2.52. The van der Waals surface area contributed by atoms with E-state index < -0.39 is 0 Å². The van der Waals surface area contributed by atoms with Gasteiger partial charge in [0.2, 0.25) is 5.95 Å². The fraction of sp³-hybridized carbons (Fsp3) is 0.300. The molecule has 0 saturated carbocycles. The Morgan fingerprint density at radius 1 is 1.12 bits per heavy atom. The predicted octanol–water partition coefficient (Wildman–Crippen LogP) is 3.83. The molecule has 1 N–H and O–H groups in total. The number of benzene rings is 2. The Hall–Kier alpha value is -3.02. The number of hydrogen-bond donors (Lipinski definition) is 1. The van der Waals surface area contributed by atoms with Crippen LogP contribution in [0.4, 0.5) is 5.95 Å². The van der Waals surface area contributed by atoms with E-state index in [4.69, 9.17) is 9.47 Å². The highest BCUT2D eigenvalue weighted by Crippen LogP contribution is 2.38. The maximum Gasteiger partial charge on any atom is 0.222 e. The smallest absolute Gasteiger partial charge is 0.222 e. The van der Waals surface area contributed by atoms with Gasteiger partial charge in [0, 0.05) is 0 Å². The first-order valence-corrected chi connectivity index (χ1v) is 8.81. The summed E-state index contributed by atoms with van der Waals surface area (Å²) in [6.07, 6.45) is 2.47. The summed E-state index contributed by atoms with van der Waals surface area (Å²) in [4.78, 5) is 4.38. The minimum Gasteiger partial charge on any atom is -0.497 e. The summed E-state index contributed by atoms with van der Waals surface area (Å²) in [5, 5.41) is 7.91. The van der Waals surface area contributed by atoms with Crippen LogP contribution < -0.4 is 14.8 Å². The van der Waals surface area contributed by atoms with Gasteiger partial charge < -0.3 is 14.8 Å². The normalized spacial score (nSPS) is 18.7. The highest BCUT2D eigenvalue weighted by molar-refractivity contribution is 5.41. The molecule has 2 aromatic carbocycles. The Kier molecular flexibility index (Phi) is 4.48. The number of ether oxygens (including phenoxy) is 2. The van der Waals surface area contributed by atoms with Crippen LogP contribution in [-0.2, 0) is 0 Å². The molecule has 2 heterocycles. The van der Waals surface area contributed by atoms with Crippen LogP contribution in [0.3, 0.4) is 0 Å². The zero-order chi connectivity index (χ0) is 17.9. The van der Waals surface area contributed by atoms with Crippen LogP contribution in [0.1, 0.15) is 36.6 Å². The van der Waals surface area contributed by atoms with Crippen LogP contribution >= 0.6 is 0 Å². The SMILES string of the molecule is CCOc1ccc([C@@H]2C[C@H](c3cccc(OC)c3)Nc3ncnn32)cc1. The molecule has 0 amide bonds. The topological polar surface area (TPSA) is 61.2 Å². The number of nitrogens with zero attached hydrogens (tertiary/aromatic N) is 3. The molecule has 6 nitrogen and oxygen atoms in total. The highest BCUT2D eigenvalue weighted by Gasteiger charge is 2.30. The van der Waals surface area contributed by atoms with Crippen molar-refractivity contribution in [3.05, 3.63) is 66.0 Å². The van der Waals surface area contributed by atoms with Crippen molar-refractivity contribution in [3.8, 4) is 11.5 Å². The third-order valence-electron chi connectivity index (χ3n) is 4.70. The molecule has 0 spiro atoms. The number of rotatable bonds is 5. The van der Waals surface area contributed by atoms with E-state index in [9.17, 15) is 0 Å². The van der Waals surface area contributed by atoms with Crippen LogP contribution in [-0.4, -0.2) is 28.5 Å².